The lowest BCUT2D eigenvalue weighted by atomic mass is 9.86. The zero-order valence-electron chi connectivity index (χ0n) is 9.65. The fraction of sp³-hybridized carbons (Fsp3) is 0.917. The van der Waals surface area contributed by atoms with E-state index in [9.17, 15) is 9.90 Å². The van der Waals surface area contributed by atoms with Gasteiger partial charge < -0.3 is 15.2 Å². The molecule has 0 bridgehead atoms. The highest BCUT2D eigenvalue weighted by molar-refractivity contribution is 5.80. The van der Waals surface area contributed by atoms with Crippen molar-refractivity contribution in [3.05, 3.63) is 0 Å². The maximum absolute atomic E-state index is 11.7. The van der Waals surface area contributed by atoms with Gasteiger partial charge in [0.25, 0.3) is 0 Å². The Morgan fingerprint density at radius 2 is 2.06 bits per heavy atom. The van der Waals surface area contributed by atoms with Gasteiger partial charge in [-0.2, -0.15) is 0 Å². The minimum Gasteiger partial charge on any atom is -0.393 e. The number of hydrogen-bond acceptors (Lipinski definition) is 3. The van der Waals surface area contributed by atoms with Crippen molar-refractivity contribution in [2.24, 2.45) is 5.92 Å². The van der Waals surface area contributed by atoms with Crippen LogP contribution in [0.5, 0.6) is 0 Å². The second-order valence-corrected chi connectivity index (χ2v) is 4.86. The predicted octanol–water partition coefficient (Wildman–Crippen LogP) is 0.833. The summed E-state index contributed by atoms with van der Waals surface area (Å²) >= 11 is 0. The highest BCUT2D eigenvalue weighted by Gasteiger charge is 2.26. The van der Waals surface area contributed by atoms with E-state index in [1.165, 1.54) is 0 Å². The second-order valence-electron chi connectivity index (χ2n) is 4.86. The zero-order valence-corrected chi connectivity index (χ0v) is 9.65. The summed E-state index contributed by atoms with van der Waals surface area (Å²) in [5.41, 5.74) is 0. The van der Waals surface area contributed by atoms with Gasteiger partial charge >= 0.3 is 0 Å². The summed E-state index contributed by atoms with van der Waals surface area (Å²) in [4.78, 5) is 11.7. The summed E-state index contributed by atoms with van der Waals surface area (Å²) in [5.74, 6) is 0.231. The van der Waals surface area contributed by atoms with Gasteiger partial charge in [0.05, 0.1) is 6.10 Å². The van der Waals surface area contributed by atoms with Gasteiger partial charge in [0.1, 0.15) is 6.10 Å². The molecule has 2 N–H and O–H groups in total. The quantitative estimate of drug-likeness (QED) is 0.751. The third-order valence-electron chi connectivity index (χ3n) is 3.63. The fourth-order valence-electron chi connectivity index (χ4n) is 2.56. The van der Waals surface area contributed by atoms with Gasteiger partial charge in [0.2, 0.25) is 5.91 Å². The van der Waals surface area contributed by atoms with Crippen LogP contribution in [0, 0.1) is 5.92 Å². The van der Waals surface area contributed by atoms with E-state index in [4.69, 9.17) is 4.74 Å². The number of aliphatic hydroxyl groups excluding tert-OH is 1. The van der Waals surface area contributed by atoms with Crippen LogP contribution in [0.4, 0.5) is 0 Å². The summed E-state index contributed by atoms with van der Waals surface area (Å²) in [6.07, 6.45) is 5.49. The van der Waals surface area contributed by atoms with Crippen LogP contribution in [-0.4, -0.2) is 36.4 Å². The SMILES string of the molecule is O=C(NCC1CCCCC1O)[C@@H]1CCCO1. The molecule has 2 rings (SSSR count). The van der Waals surface area contributed by atoms with Crippen LogP contribution in [0.3, 0.4) is 0 Å². The third-order valence-corrected chi connectivity index (χ3v) is 3.63. The lowest BCUT2D eigenvalue weighted by Gasteiger charge is -2.27. The van der Waals surface area contributed by atoms with Gasteiger partial charge in [-0.1, -0.05) is 12.8 Å². The van der Waals surface area contributed by atoms with Crippen molar-refractivity contribution < 1.29 is 14.6 Å². The minimum atomic E-state index is -0.249. The first-order valence-corrected chi connectivity index (χ1v) is 6.35. The Morgan fingerprint density at radius 1 is 1.25 bits per heavy atom. The number of ether oxygens (including phenoxy) is 1. The number of aliphatic hydroxyl groups is 1. The molecule has 16 heavy (non-hydrogen) atoms. The molecule has 2 fully saturated rings. The minimum absolute atomic E-state index is 0.00438. The predicted molar refractivity (Wildman–Crippen MR) is 59.9 cm³/mol. The molecule has 2 aliphatic rings. The number of rotatable bonds is 3. The maximum atomic E-state index is 11.7. The lowest BCUT2D eigenvalue weighted by molar-refractivity contribution is -0.130. The number of carbonyl (C=O) groups is 1. The number of nitrogens with one attached hydrogen (secondary N) is 1. The smallest absolute Gasteiger partial charge is 0.249 e. The molecule has 2 unspecified atom stereocenters. The number of carbonyl (C=O) groups excluding carboxylic acids is 1. The first-order valence-electron chi connectivity index (χ1n) is 6.35. The van der Waals surface area contributed by atoms with Crippen LogP contribution in [0.2, 0.25) is 0 Å². The molecule has 1 amide bonds. The van der Waals surface area contributed by atoms with Crippen LogP contribution in [0.1, 0.15) is 38.5 Å². The van der Waals surface area contributed by atoms with Crippen LogP contribution < -0.4 is 5.32 Å². The molecular formula is C12H21NO3. The monoisotopic (exact) mass is 227 g/mol. The van der Waals surface area contributed by atoms with E-state index < -0.39 is 0 Å². The van der Waals surface area contributed by atoms with Gasteiger partial charge in [0.15, 0.2) is 0 Å². The summed E-state index contributed by atoms with van der Waals surface area (Å²) in [6, 6.07) is 0. The van der Waals surface area contributed by atoms with E-state index in [1.54, 1.807) is 0 Å². The Hall–Kier alpha value is -0.610. The summed E-state index contributed by atoms with van der Waals surface area (Å²) in [5, 5.41) is 12.7. The molecular weight excluding hydrogens is 206 g/mol. The Morgan fingerprint density at radius 3 is 2.75 bits per heavy atom. The van der Waals surface area contributed by atoms with Crippen molar-refractivity contribution in [3.8, 4) is 0 Å². The fourth-order valence-corrected chi connectivity index (χ4v) is 2.56. The van der Waals surface area contributed by atoms with Gasteiger partial charge in [-0.15, -0.1) is 0 Å². The van der Waals surface area contributed by atoms with Crippen molar-refractivity contribution in [1.82, 2.24) is 5.32 Å². The lowest BCUT2D eigenvalue weighted by Crippen LogP contribution is -2.40. The van der Waals surface area contributed by atoms with E-state index in [0.29, 0.717) is 13.2 Å². The Balaban J connectivity index is 1.71. The average molecular weight is 227 g/mol. The molecule has 0 spiro atoms. The summed E-state index contributed by atoms with van der Waals surface area (Å²) < 4.78 is 5.31. The third kappa shape index (κ3) is 2.95. The second kappa shape index (κ2) is 5.64. The van der Waals surface area contributed by atoms with E-state index >= 15 is 0 Å². The molecule has 3 atom stereocenters. The Labute approximate surface area is 96.4 Å². The van der Waals surface area contributed by atoms with E-state index in [0.717, 1.165) is 38.5 Å². The van der Waals surface area contributed by atoms with Crippen molar-refractivity contribution in [2.75, 3.05) is 13.2 Å². The summed E-state index contributed by atoms with van der Waals surface area (Å²) in [6.45, 7) is 1.30. The van der Waals surface area contributed by atoms with E-state index in [-0.39, 0.29) is 24.0 Å². The van der Waals surface area contributed by atoms with Crippen LogP contribution in [0.25, 0.3) is 0 Å². The zero-order chi connectivity index (χ0) is 11.4. The standard InChI is InChI=1S/C12H21NO3/c14-10-5-2-1-4-9(10)8-13-12(15)11-6-3-7-16-11/h9-11,14H,1-8H2,(H,13,15)/t9?,10?,11-/m0/s1. The van der Waals surface area contributed by atoms with Crippen LogP contribution in [0.15, 0.2) is 0 Å². The molecule has 1 saturated heterocycles. The van der Waals surface area contributed by atoms with Crippen molar-refractivity contribution in [1.29, 1.82) is 0 Å². The largest absolute Gasteiger partial charge is 0.393 e. The Kier molecular flexibility index (Phi) is 4.18. The molecule has 0 aromatic carbocycles. The number of amides is 1. The first kappa shape index (κ1) is 11.9. The first-order chi connectivity index (χ1) is 7.77. The molecule has 0 aromatic rings. The average Bonchev–Trinajstić information content (AvgIpc) is 2.81. The van der Waals surface area contributed by atoms with Gasteiger partial charge in [0, 0.05) is 19.1 Å². The van der Waals surface area contributed by atoms with Crippen molar-refractivity contribution in [3.63, 3.8) is 0 Å². The molecule has 0 radical (unpaired) electrons. The molecule has 4 nitrogen and oxygen atoms in total. The molecule has 1 saturated carbocycles. The molecule has 1 aliphatic heterocycles. The molecule has 1 aliphatic carbocycles. The molecule has 1 heterocycles. The van der Waals surface area contributed by atoms with Crippen molar-refractivity contribution in [2.45, 2.75) is 50.7 Å². The topological polar surface area (TPSA) is 58.6 Å². The highest BCUT2D eigenvalue weighted by atomic mass is 16.5. The molecule has 0 aromatic heterocycles. The van der Waals surface area contributed by atoms with E-state index in [2.05, 4.69) is 5.32 Å². The van der Waals surface area contributed by atoms with Crippen LogP contribution in [-0.2, 0) is 9.53 Å². The van der Waals surface area contributed by atoms with E-state index in [1.807, 2.05) is 0 Å². The number of hydrogen-bond donors (Lipinski definition) is 2. The van der Waals surface area contributed by atoms with Crippen LogP contribution >= 0.6 is 0 Å². The Bertz CT molecular complexity index is 238. The normalized spacial score (nSPS) is 34.9. The van der Waals surface area contributed by atoms with Crippen molar-refractivity contribution >= 4 is 5.91 Å². The maximum Gasteiger partial charge on any atom is 0.249 e. The molecule has 4 heteroatoms. The highest BCUT2D eigenvalue weighted by Crippen LogP contribution is 2.23. The molecule has 92 valence electrons. The van der Waals surface area contributed by atoms with Gasteiger partial charge in [-0.05, 0) is 25.7 Å². The van der Waals surface area contributed by atoms with Gasteiger partial charge in [-0.25, -0.2) is 0 Å². The van der Waals surface area contributed by atoms with Gasteiger partial charge in [-0.3, -0.25) is 4.79 Å². The summed E-state index contributed by atoms with van der Waals surface area (Å²) in [7, 11) is 0.